The first kappa shape index (κ1) is 24.1. The number of nitrogens with zero attached hydrogens (tertiary/aromatic N) is 2. The SMILES string of the molecule is CC[C@H]1COc2c(C#N)cc3ccccc3c2C(=O)N(C[C@@H](CC=O)c2ccc(Cl)c(Cl)c2)C1. The van der Waals surface area contributed by atoms with Crippen LogP contribution >= 0.6 is 23.2 Å². The van der Waals surface area contributed by atoms with E-state index in [4.69, 9.17) is 27.9 Å². The van der Waals surface area contributed by atoms with Gasteiger partial charge in [-0.1, -0.05) is 60.5 Å². The summed E-state index contributed by atoms with van der Waals surface area (Å²) in [6, 6.07) is 16.7. The van der Waals surface area contributed by atoms with Gasteiger partial charge in [-0.25, -0.2) is 0 Å². The van der Waals surface area contributed by atoms with Crippen molar-refractivity contribution >= 4 is 46.2 Å². The molecule has 0 aromatic heterocycles. The number of carbonyl (C=O) groups excluding carboxylic acids is 2. The van der Waals surface area contributed by atoms with Crippen LogP contribution in [-0.2, 0) is 4.79 Å². The first-order chi connectivity index (χ1) is 16.5. The Hall–Kier alpha value is -3.07. The van der Waals surface area contributed by atoms with Gasteiger partial charge in [0, 0.05) is 31.3 Å². The Morgan fingerprint density at radius 2 is 2.00 bits per heavy atom. The Bertz CT molecular complexity index is 1280. The lowest BCUT2D eigenvalue weighted by Crippen LogP contribution is -2.41. The minimum Gasteiger partial charge on any atom is -0.491 e. The molecule has 4 rings (SSSR count). The van der Waals surface area contributed by atoms with Crippen molar-refractivity contribution in [2.24, 2.45) is 5.92 Å². The fourth-order valence-electron chi connectivity index (χ4n) is 4.45. The summed E-state index contributed by atoms with van der Waals surface area (Å²) in [5, 5.41) is 12.2. The number of benzene rings is 3. The van der Waals surface area contributed by atoms with Gasteiger partial charge in [0.25, 0.3) is 5.91 Å². The lowest BCUT2D eigenvalue weighted by atomic mass is 9.93. The van der Waals surface area contributed by atoms with Gasteiger partial charge in [-0.3, -0.25) is 4.79 Å². The number of fused-ring (bicyclic) bond motifs is 3. The lowest BCUT2D eigenvalue weighted by Gasteiger charge is -2.34. The smallest absolute Gasteiger partial charge is 0.258 e. The number of amides is 1. The Morgan fingerprint density at radius 1 is 1.21 bits per heavy atom. The maximum Gasteiger partial charge on any atom is 0.258 e. The molecule has 1 aliphatic heterocycles. The van der Waals surface area contributed by atoms with Crippen molar-refractivity contribution in [2.45, 2.75) is 25.7 Å². The van der Waals surface area contributed by atoms with Crippen molar-refractivity contribution in [1.29, 1.82) is 5.26 Å². The molecule has 0 radical (unpaired) electrons. The average molecular weight is 495 g/mol. The molecule has 34 heavy (non-hydrogen) atoms. The molecule has 3 aromatic carbocycles. The topological polar surface area (TPSA) is 70.4 Å². The molecule has 0 spiro atoms. The zero-order valence-corrected chi connectivity index (χ0v) is 20.3. The monoisotopic (exact) mass is 494 g/mol. The predicted molar refractivity (Wildman–Crippen MR) is 134 cm³/mol. The summed E-state index contributed by atoms with van der Waals surface area (Å²) in [5.74, 6) is -0.0445. The van der Waals surface area contributed by atoms with Crippen LogP contribution in [-0.4, -0.2) is 36.8 Å². The molecule has 0 fully saturated rings. The largest absolute Gasteiger partial charge is 0.491 e. The third-order valence-corrected chi connectivity index (χ3v) is 7.12. The second-order valence-electron chi connectivity index (χ2n) is 8.53. The zero-order valence-electron chi connectivity index (χ0n) is 18.8. The van der Waals surface area contributed by atoms with E-state index in [-0.39, 0.29) is 24.2 Å². The molecular weight excluding hydrogens is 471 g/mol. The van der Waals surface area contributed by atoms with Crippen LogP contribution in [0.4, 0.5) is 0 Å². The van der Waals surface area contributed by atoms with Gasteiger partial charge in [0.1, 0.15) is 18.1 Å². The van der Waals surface area contributed by atoms with Crippen molar-refractivity contribution in [2.75, 3.05) is 19.7 Å². The highest BCUT2D eigenvalue weighted by molar-refractivity contribution is 6.42. The van der Waals surface area contributed by atoms with Crippen LogP contribution in [0.25, 0.3) is 10.8 Å². The highest BCUT2D eigenvalue weighted by atomic mass is 35.5. The fourth-order valence-corrected chi connectivity index (χ4v) is 4.76. The normalized spacial score (nSPS) is 16.7. The van der Waals surface area contributed by atoms with Crippen LogP contribution in [0, 0.1) is 17.2 Å². The van der Waals surface area contributed by atoms with E-state index in [0.29, 0.717) is 46.6 Å². The minimum atomic E-state index is -0.247. The number of aldehydes is 1. The van der Waals surface area contributed by atoms with Crippen molar-refractivity contribution in [3.63, 3.8) is 0 Å². The summed E-state index contributed by atoms with van der Waals surface area (Å²) in [6.07, 6.45) is 1.90. The van der Waals surface area contributed by atoms with Crippen LogP contribution in [0.2, 0.25) is 10.0 Å². The van der Waals surface area contributed by atoms with Gasteiger partial charge < -0.3 is 14.4 Å². The van der Waals surface area contributed by atoms with E-state index >= 15 is 0 Å². The molecule has 5 nitrogen and oxygen atoms in total. The van der Waals surface area contributed by atoms with Gasteiger partial charge in [0.05, 0.1) is 27.8 Å². The van der Waals surface area contributed by atoms with Gasteiger partial charge in [-0.05, 0) is 41.0 Å². The van der Waals surface area contributed by atoms with Crippen LogP contribution in [0.3, 0.4) is 0 Å². The van der Waals surface area contributed by atoms with Crippen molar-refractivity contribution in [1.82, 2.24) is 4.90 Å². The second-order valence-corrected chi connectivity index (χ2v) is 9.34. The number of rotatable bonds is 6. The summed E-state index contributed by atoms with van der Waals surface area (Å²) in [5.41, 5.74) is 1.58. The quantitative estimate of drug-likeness (QED) is 0.379. The molecule has 3 aromatic rings. The number of ether oxygens (including phenoxy) is 1. The molecule has 0 unspecified atom stereocenters. The number of halogens is 2. The zero-order chi connectivity index (χ0) is 24.2. The summed E-state index contributed by atoms with van der Waals surface area (Å²) in [7, 11) is 0. The third kappa shape index (κ3) is 4.75. The molecule has 2 atom stereocenters. The predicted octanol–water partition coefficient (Wildman–Crippen LogP) is 6.25. The van der Waals surface area contributed by atoms with Crippen molar-refractivity contribution in [3.05, 3.63) is 75.3 Å². The van der Waals surface area contributed by atoms with Crippen LogP contribution < -0.4 is 4.74 Å². The van der Waals surface area contributed by atoms with Crippen molar-refractivity contribution in [3.8, 4) is 11.8 Å². The molecule has 0 aliphatic carbocycles. The van der Waals surface area contributed by atoms with Crippen molar-refractivity contribution < 1.29 is 14.3 Å². The molecule has 0 saturated carbocycles. The van der Waals surface area contributed by atoms with Gasteiger partial charge >= 0.3 is 0 Å². The van der Waals surface area contributed by atoms with E-state index in [0.717, 1.165) is 29.0 Å². The first-order valence-electron chi connectivity index (χ1n) is 11.2. The van der Waals surface area contributed by atoms with Gasteiger partial charge in [-0.15, -0.1) is 0 Å². The molecule has 1 heterocycles. The minimum absolute atomic E-state index is 0.0841. The Labute approximate surface area is 208 Å². The van der Waals surface area contributed by atoms with Gasteiger partial charge in [0.2, 0.25) is 0 Å². The second kappa shape index (κ2) is 10.5. The molecule has 0 N–H and O–H groups in total. The molecule has 1 amide bonds. The fraction of sp³-hybridized carbons (Fsp3) is 0.296. The average Bonchev–Trinajstić information content (AvgIpc) is 2.84. The van der Waals surface area contributed by atoms with Gasteiger partial charge in [-0.2, -0.15) is 5.26 Å². The summed E-state index contributed by atoms with van der Waals surface area (Å²) >= 11 is 12.3. The third-order valence-electron chi connectivity index (χ3n) is 6.38. The molecular formula is C27H24Cl2N2O3. The van der Waals surface area contributed by atoms with Crippen LogP contribution in [0.5, 0.6) is 5.75 Å². The maximum atomic E-state index is 14.0. The summed E-state index contributed by atoms with van der Waals surface area (Å²) in [6.45, 7) is 3.26. The van der Waals surface area contributed by atoms with E-state index in [1.807, 2.05) is 37.3 Å². The molecule has 7 heteroatoms. The van der Waals surface area contributed by atoms with Crippen LogP contribution in [0.15, 0.2) is 48.5 Å². The van der Waals surface area contributed by atoms with E-state index < -0.39 is 0 Å². The van der Waals surface area contributed by atoms with E-state index in [1.165, 1.54) is 0 Å². The number of hydrogen-bond donors (Lipinski definition) is 0. The molecule has 174 valence electrons. The highest BCUT2D eigenvalue weighted by Gasteiger charge is 2.31. The molecule has 0 bridgehead atoms. The number of nitriles is 1. The van der Waals surface area contributed by atoms with E-state index in [2.05, 4.69) is 6.07 Å². The Morgan fingerprint density at radius 3 is 2.71 bits per heavy atom. The highest BCUT2D eigenvalue weighted by Crippen LogP contribution is 2.36. The number of hydrogen-bond acceptors (Lipinski definition) is 4. The number of carbonyl (C=O) groups is 2. The Balaban J connectivity index is 1.81. The molecule has 1 aliphatic rings. The van der Waals surface area contributed by atoms with Gasteiger partial charge in [0.15, 0.2) is 0 Å². The van der Waals surface area contributed by atoms with E-state index in [9.17, 15) is 14.9 Å². The maximum absolute atomic E-state index is 14.0. The lowest BCUT2D eigenvalue weighted by molar-refractivity contribution is -0.108. The summed E-state index contributed by atoms with van der Waals surface area (Å²) in [4.78, 5) is 27.4. The first-order valence-corrected chi connectivity index (χ1v) is 12.0. The molecule has 0 saturated heterocycles. The summed E-state index contributed by atoms with van der Waals surface area (Å²) < 4.78 is 6.09. The standard InChI is InChI=1S/C27H24Cl2N2O3/c1-2-17-14-31(15-20(9-10-32)18-7-8-23(28)24(29)12-18)27(33)25-22-6-4-3-5-19(22)11-21(13-30)26(25)34-16-17/h3-8,10-12,17,20H,2,9,14-16H2,1H3/t17-,20-/m1/s1. The Kier molecular flexibility index (Phi) is 7.41. The van der Waals surface area contributed by atoms with Crippen LogP contribution in [0.1, 0.15) is 47.2 Å². The van der Waals surface area contributed by atoms with E-state index in [1.54, 1.807) is 23.1 Å².